The Balaban J connectivity index is 2.12. The minimum Gasteiger partial charge on any atom is -0.507 e. The van der Waals surface area contributed by atoms with Gasteiger partial charge >= 0.3 is 0 Å². The van der Waals surface area contributed by atoms with Crippen molar-refractivity contribution < 1.29 is 10.2 Å². The molecule has 21 heavy (non-hydrogen) atoms. The number of phenols is 2. The third-order valence-electron chi connectivity index (χ3n) is 2.82. The summed E-state index contributed by atoms with van der Waals surface area (Å²) >= 11 is 0. The standard InChI is InChI=1S/C17H16N2O2/c1-2-17(18-11-13-7-3-5-9-15(13)20)19-12-14-8-4-6-10-16(14)21/h2-12,17,20-21H,1H2. The second kappa shape index (κ2) is 7.05. The highest BCUT2D eigenvalue weighted by Crippen LogP contribution is 2.14. The molecule has 0 aliphatic rings. The predicted molar refractivity (Wildman–Crippen MR) is 85.4 cm³/mol. The molecule has 2 N–H and O–H groups in total. The largest absolute Gasteiger partial charge is 0.507 e. The molecule has 2 rings (SSSR count). The highest BCUT2D eigenvalue weighted by Gasteiger charge is 2.00. The number of para-hydroxylation sites is 2. The van der Waals surface area contributed by atoms with Crippen LogP contribution in [-0.4, -0.2) is 28.8 Å². The lowest BCUT2D eigenvalue weighted by Crippen LogP contribution is -1.97. The van der Waals surface area contributed by atoms with Crippen LogP contribution < -0.4 is 0 Å². The minimum absolute atomic E-state index is 0.161. The van der Waals surface area contributed by atoms with Crippen LogP contribution in [0.1, 0.15) is 11.1 Å². The molecule has 0 heterocycles. The quantitative estimate of drug-likeness (QED) is 0.652. The van der Waals surface area contributed by atoms with Crippen LogP contribution in [0, 0.1) is 0 Å². The zero-order valence-electron chi connectivity index (χ0n) is 11.4. The third-order valence-corrected chi connectivity index (χ3v) is 2.82. The lowest BCUT2D eigenvalue weighted by atomic mass is 10.2. The van der Waals surface area contributed by atoms with Crippen molar-refractivity contribution in [2.24, 2.45) is 9.98 Å². The molecule has 2 aromatic carbocycles. The normalized spacial score (nSPS) is 12.8. The molecule has 0 aliphatic carbocycles. The van der Waals surface area contributed by atoms with Crippen molar-refractivity contribution in [3.8, 4) is 11.5 Å². The van der Waals surface area contributed by atoms with Crippen LogP contribution in [0.5, 0.6) is 11.5 Å². The van der Waals surface area contributed by atoms with Crippen LogP contribution in [0.25, 0.3) is 0 Å². The van der Waals surface area contributed by atoms with E-state index in [1.165, 1.54) is 0 Å². The Morgan fingerprint density at radius 1 is 0.810 bits per heavy atom. The fourth-order valence-electron chi connectivity index (χ4n) is 1.67. The van der Waals surface area contributed by atoms with Crippen molar-refractivity contribution in [2.45, 2.75) is 6.17 Å². The molecule has 0 saturated heterocycles. The van der Waals surface area contributed by atoms with Crippen LogP contribution in [0.15, 0.2) is 71.2 Å². The van der Waals surface area contributed by atoms with E-state index >= 15 is 0 Å². The molecule has 106 valence electrons. The number of nitrogens with zero attached hydrogens (tertiary/aromatic N) is 2. The van der Waals surface area contributed by atoms with Gasteiger partial charge in [-0.25, -0.2) is 0 Å². The molecule has 0 spiro atoms. The van der Waals surface area contributed by atoms with Gasteiger partial charge in [0, 0.05) is 23.6 Å². The van der Waals surface area contributed by atoms with Gasteiger partial charge < -0.3 is 10.2 Å². The average molecular weight is 280 g/mol. The van der Waals surface area contributed by atoms with E-state index in [-0.39, 0.29) is 11.5 Å². The van der Waals surface area contributed by atoms with Gasteiger partial charge in [0.05, 0.1) is 0 Å². The zero-order chi connectivity index (χ0) is 15.1. The molecule has 0 aliphatic heterocycles. The Labute approximate surface area is 123 Å². The summed E-state index contributed by atoms with van der Waals surface area (Å²) in [6, 6.07) is 13.8. The lowest BCUT2D eigenvalue weighted by molar-refractivity contribution is 0.474. The first-order valence-corrected chi connectivity index (χ1v) is 6.45. The minimum atomic E-state index is -0.482. The highest BCUT2D eigenvalue weighted by atomic mass is 16.3. The molecule has 4 heteroatoms. The first kappa shape index (κ1) is 14.5. The molecule has 2 aromatic rings. The molecular weight excluding hydrogens is 264 g/mol. The van der Waals surface area contributed by atoms with Crippen LogP contribution in [0.3, 0.4) is 0 Å². The maximum absolute atomic E-state index is 9.65. The van der Waals surface area contributed by atoms with Crippen LogP contribution in [0.4, 0.5) is 0 Å². The molecule has 0 aromatic heterocycles. The molecule has 4 nitrogen and oxygen atoms in total. The van der Waals surface area contributed by atoms with Crippen molar-refractivity contribution in [1.82, 2.24) is 0 Å². The number of hydrogen-bond donors (Lipinski definition) is 2. The van der Waals surface area contributed by atoms with Crippen molar-refractivity contribution in [1.29, 1.82) is 0 Å². The third kappa shape index (κ3) is 4.04. The van der Waals surface area contributed by atoms with Crippen molar-refractivity contribution in [3.63, 3.8) is 0 Å². The Morgan fingerprint density at radius 3 is 1.62 bits per heavy atom. The van der Waals surface area contributed by atoms with Gasteiger partial charge in [-0.15, -0.1) is 0 Å². The SMILES string of the molecule is C=CC(N=Cc1ccccc1O)N=Cc1ccccc1O. The summed E-state index contributed by atoms with van der Waals surface area (Å²) in [5, 5.41) is 19.3. The summed E-state index contributed by atoms with van der Waals surface area (Å²) in [7, 11) is 0. The van der Waals surface area contributed by atoms with Crippen molar-refractivity contribution >= 4 is 12.4 Å². The second-order valence-electron chi connectivity index (χ2n) is 4.32. The van der Waals surface area contributed by atoms with E-state index in [2.05, 4.69) is 16.6 Å². The van der Waals surface area contributed by atoms with Crippen molar-refractivity contribution in [2.75, 3.05) is 0 Å². The number of rotatable bonds is 5. The Morgan fingerprint density at radius 2 is 1.24 bits per heavy atom. The van der Waals surface area contributed by atoms with E-state index in [1.54, 1.807) is 54.9 Å². The topological polar surface area (TPSA) is 65.2 Å². The molecule has 0 saturated carbocycles. The van der Waals surface area contributed by atoms with E-state index in [0.29, 0.717) is 11.1 Å². The molecular formula is C17H16N2O2. The zero-order valence-corrected chi connectivity index (χ0v) is 11.4. The first-order chi connectivity index (χ1) is 10.2. The Kier molecular flexibility index (Phi) is 4.88. The summed E-state index contributed by atoms with van der Waals surface area (Å²) in [6.45, 7) is 3.68. The molecule has 0 bridgehead atoms. The number of aromatic hydroxyl groups is 2. The van der Waals surface area contributed by atoms with Gasteiger partial charge in [-0.2, -0.15) is 0 Å². The van der Waals surface area contributed by atoms with Gasteiger partial charge in [0.2, 0.25) is 0 Å². The maximum Gasteiger partial charge on any atom is 0.157 e. The first-order valence-electron chi connectivity index (χ1n) is 6.45. The van der Waals surface area contributed by atoms with Crippen LogP contribution in [-0.2, 0) is 0 Å². The second-order valence-corrected chi connectivity index (χ2v) is 4.32. The molecule has 0 fully saturated rings. The van der Waals surface area contributed by atoms with Crippen LogP contribution in [0.2, 0.25) is 0 Å². The van der Waals surface area contributed by atoms with E-state index in [9.17, 15) is 10.2 Å². The monoisotopic (exact) mass is 280 g/mol. The summed E-state index contributed by atoms with van der Waals surface area (Å²) < 4.78 is 0. The fraction of sp³-hybridized carbons (Fsp3) is 0.0588. The molecule has 0 radical (unpaired) electrons. The van der Waals surface area contributed by atoms with Gasteiger partial charge in [0.25, 0.3) is 0 Å². The summed E-state index contributed by atoms with van der Waals surface area (Å²) in [6.07, 6.45) is 4.19. The maximum atomic E-state index is 9.65. The molecule has 0 atom stereocenters. The van der Waals surface area contributed by atoms with Crippen molar-refractivity contribution in [3.05, 3.63) is 72.3 Å². The summed E-state index contributed by atoms with van der Waals surface area (Å²) in [5.41, 5.74) is 1.23. The Bertz CT molecular complexity index is 622. The van der Waals surface area contributed by atoms with E-state index < -0.39 is 6.17 Å². The predicted octanol–water partition coefficient (Wildman–Crippen LogP) is 3.15. The smallest absolute Gasteiger partial charge is 0.157 e. The van der Waals surface area contributed by atoms with E-state index in [4.69, 9.17) is 0 Å². The lowest BCUT2D eigenvalue weighted by Gasteiger charge is -2.02. The van der Waals surface area contributed by atoms with Crippen LogP contribution >= 0.6 is 0 Å². The highest BCUT2D eigenvalue weighted by molar-refractivity contribution is 5.85. The van der Waals surface area contributed by atoms with Gasteiger partial charge in [-0.1, -0.05) is 30.8 Å². The summed E-state index contributed by atoms with van der Waals surface area (Å²) in [4.78, 5) is 8.47. The number of benzene rings is 2. The molecule has 0 amide bonds. The number of hydrogen-bond acceptors (Lipinski definition) is 4. The number of phenolic OH excluding ortho intramolecular Hbond substituents is 2. The van der Waals surface area contributed by atoms with E-state index in [1.807, 2.05) is 12.1 Å². The van der Waals surface area contributed by atoms with E-state index in [0.717, 1.165) is 0 Å². The average Bonchev–Trinajstić information content (AvgIpc) is 2.50. The number of aliphatic imine (C=N–C) groups is 2. The fourth-order valence-corrected chi connectivity index (χ4v) is 1.67. The molecule has 0 unspecified atom stereocenters. The van der Waals surface area contributed by atoms with Gasteiger partial charge in [0.15, 0.2) is 6.17 Å². The van der Waals surface area contributed by atoms with Gasteiger partial charge in [-0.05, 0) is 30.3 Å². The van der Waals surface area contributed by atoms with Gasteiger partial charge in [0.1, 0.15) is 11.5 Å². The van der Waals surface area contributed by atoms with Gasteiger partial charge in [-0.3, -0.25) is 9.98 Å². The Hall–Kier alpha value is -2.88. The summed E-state index contributed by atoms with van der Waals surface area (Å²) in [5.74, 6) is 0.322.